The fourth-order valence-electron chi connectivity index (χ4n) is 1.66. The predicted molar refractivity (Wildman–Crippen MR) is 82.4 cm³/mol. The van der Waals surface area contributed by atoms with Crippen molar-refractivity contribution in [3.05, 3.63) is 30.6 Å². The Morgan fingerprint density at radius 3 is 2.57 bits per heavy atom. The van der Waals surface area contributed by atoms with Crippen molar-refractivity contribution in [2.45, 2.75) is 32.9 Å². The molecule has 23 heavy (non-hydrogen) atoms. The molecule has 0 radical (unpaired) electrons. The van der Waals surface area contributed by atoms with Gasteiger partial charge in [0.2, 0.25) is 0 Å². The number of aliphatic carboxylic acids is 1. The summed E-state index contributed by atoms with van der Waals surface area (Å²) in [5.74, 6) is -1.86. The van der Waals surface area contributed by atoms with Crippen molar-refractivity contribution in [3.63, 3.8) is 0 Å². The quantitative estimate of drug-likeness (QED) is 0.614. The standard InChI is InChI=1S/C15H20N2O6/c1-5-6-22-13(20)11-7-10(8-17(11)9-12(18)19)16-14(21)23-15(2,3)4/h5,7-8H,1,6,9H2,2-4H3,(H,16,21)(H,18,19). The highest BCUT2D eigenvalue weighted by atomic mass is 16.6. The minimum atomic E-state index is -1.14. The summed E-state index contributed by atoms with van der Waals surface area (Å²) in [7, 11) is 0. The Kier molecular flexibility index (Phi) is 5.94. The SMILES string of the molecule is C=CCOC(=O)c1cc(NC(=O)OC(C)(C)C)cn1CC(=O)O. The van der Waals surface area contributed by atoms with Crippen molar-refractivity contribution in [1.29, 1.82) is 0 Å². The molecule has 0 saturated heterocycles. The van der Waals surface area contributed by atoms with Gasteiger partial charge in [-0.25, -0.2) is 9.59 Å². The van der Waals surface area contributed by atoms with Crippen LogP contribution in [0.3, 0.4) is 0 Å². The third-order valence-corrected chi connectivity index (χ3v) is 2.39. The van der Waals surface area contributed by atoms with E-state index >= 15 is 0 Å². The van der Waals surface area contributed by atoms with Crippen molar-refractivity contribution in [2.75, 3.05) is 11.9 Å². The lowest BCUT2D eigenvalue weighted by molar-refractivity contribution is -0.137. The molecule has 8 heteroatoms. The molecule has 0 fully saturated rings. The van der Waals surface area contributed by atoms with Crippen LogP contribution in [0.5, 0.6) is 0 Å². The lowest BCUT2D eigenvalue weighted by atomic mass is 10.2. The van der Waals surface area contributed by atoms with Gasteiger partial charge < -0.3 is 19.1 Å². The topological polar surface area (TPSA) is 107 Å². The highest BCUT2D eigenvalue weighted by Crippen LogP contribution is 2.17. The Morgan fingerprint density at radius 1 is 1.39 bits per heavy atom. The summed E-state index contributed by atoms with van der Waals surface area (Å²) < 4.78 is 11.1. The molecule has 1 amide bonds. The Balaban J connectivity index is 2.95. The van der Waals surface area contributed by atoms with E-state index in [4.69, 9.17) is 14.6 Å². The van der Waals surface area contributed by atoms with Gasteiger partial charge in [0.25, 0.3) is 0 Å². The van der Waals surface area contributed by atoms with E-state index in [2.05, 4.69) is 11.9 Å². The maximum absolute atomic E-state index is 11.9. The first kappa shape index (κ1) is 18.3. The average molecular weight is 324 g/mol. The average Bonchev–Trinajstić information content (AvgIpc) is 2.75. The summed E-state index contributed by atoms with van der Waals surface area (Å²) in [6.45, 7) is 8.09. The molecule has 0 bridgehead atoms. The van der Waals surface area contributed by atoms with Crippen LogP contribution in [0.1, 0.15) is 31.3 Å². The van der Waals surface area contributed by atoms with Crippen molar-refractivity contribution in [2.24, 2.45) is 0 Å². The summed E-state index contributed by atoms with van der Waals surface area (Å²) in [6, 6.07) is 1.32. The monoisotopic (exact) mass is 324 g/mol. The Morgan fingerprint density at radius 2 is 2.04 bits per heavy atom. The molecule has 126 valence electrons. The summed E-state index contributed by atoms with van der Waals surface area (Å²) in [6.07, 6.45) is 2.00. The number of hydrogen-bond donors (Lipinski definition) is 2. The minimum absolute atomic E-state index is 0.000286. The molecule has 0 atom stereocenters. The molecular weight excluding hydrogens is 304 g/mol. The summed E-state index contributed by atoms with van der Waals surface area (Å²) >= 11 is 0. The molecule has 0 aliphatic rings. The van der Waals surface area contributed by atoms with E-state index in [9.17, 15) is 14.4 Å². The second kappa shape index (κ2) is 7.48. The van der Waals surface area contributed by atoms with Crippen molar-refractivity contribution >= 4 is 23.7 Å². The van der Waals surface area contributed by atoms with E-state index in [1.54, 1.807) is 20.8 Å². The first-order valence-corrected chi connectivity index (χ1v) is 6.82. The van der Waals surface area contributed by atoms with E-state index in [1.165, 1.54) is 22.9 Å². The Bertz CT molecular complexity index is 612. The van der Waals surface area contributed by atoms with Crippen LogP contribution in [0.15, 0.2) is 24.9 Å². The van der Waals surface area contributed by atoms with Crippen LogP contribution in [0, 0.1) is 0 Å². The summed E-state index contributed by atoms with van der Waals surface area (Å²) in [5.41, 5.74) is -0.453. The minimum Gasteiger partial charge on any atom is -0.480 e. The molecule has 0 spiro atoms. The van der Waals surface area contributed by atoms with Crippen LogP contribution < -0.4 is 5.32 Å². The van der Waals surface area contributed by atoms with Gasteiger partial charge in [0.1, 0.15) is 24.4 Å². The number of anilines is 1. The van der Waals surface area contributed by atoms with Crippen LogP contribution in [0.4, 0.5) is 10.5 Å². The zero-order chi connectivity index (χ0) is 17.6. The van der Waals surface area contributed by atoms with Crippen molar-refractivity contribution < 1.29 is 29.0 Å². The molecule has 1 aromatic rings. The highest BCUT2D eigenvalue weighted by Gasteiger charge is 2.20. The molecule has 1 heterocycles. The molecular formula is C15H20N2O6. The van der Waals surface area contributed by atoms with E-state index in [0.717, 1.165) is 0 Å². The number of esters is 1. The lowest BCUT2D eigenvalue weighted by Gasteiger charge is -2.19. The Hall–Kier alpha value is -2.77. The van der Waals surface area contributed by atoms with Crippen molar-refractivity contribution in [3.8, 4) is 0 Å². The van der Waals surface area contributed by atoms with Gasteiger partial charge in [0.15, 0.2) is 0 Å². The lowest BCUT2D eigenvalue weighted by Crippen LogP contribution is -2.27. The zero-order valence-corrected chi connectivity index (χ0v) is 13.3. The fraction of sp³-hybridized carbons (Fsp3) is 0.400. The van der Waals surface area contributed by atoms with Crippen LogP contribution in [-0.4, -0.2) is 39.9 Å². The van der Waals surface area contributed by atoms with Gasteiger partial charge in [-0.2, -0.15) is 0 Å². The second-order valence-corrected chi connectivity index (χ2v) is 5.65. The molecule has 1 aromatic heterocycles. The van der Waals surface area contributed by atoms with E-state index in [0.29, 0.717) is 0 Å². The third-order valence-electron chi connectivity index (χ3n) is 2.39. The zero-order valence-electron chi connectivity index (χ0n) is 13.3. The first-order chi connectivity index (χ1) is 10.6. The normalized spacial score (nSPS) is 10.7. The maximum atomic E-state index is 11.9. The molecule has 2 N–H and O–H groups in total. The smallest absolute Gasteiger partial charge is 0.412 e. The largest absolute Gasteiger partial charge is 0.480 e. The van der Waals surface area contributed by atoms with E-state index < -0.39 is 30.2 Å². The third kappa shape index (κ3) is 6.25. The second-order valence-electron chi connectivity index (χ2n) is 5.65. The molecule has 0 aromatic carbocycles. The molecule has 0 aliphatic carbocycles. The molecule has 1 rings (SSSR count). The van der Waals surface area contributed by atoms with Crippen LogP contribution in [-0.2, 0) is 20.8 Å². The van der Waals surface area contributed by atoms with E-state index in [-0.39, 0.29) is 18.0 Å². The number of carboxylic acid groups (broad SMARTS) is 1. The van der Waals surface area contributed by atoms with E-state index in [1.807, 2.05) is 0 Å². The summed E-state index contributed by atoms with van der Waals surface area (Å²) in [5, 5.41) is 11.3. The highest BCUT2D eigenvalue weighted by molar-refractivity contribution is 5.92. The van der Waals surface area contributed by atoms with Gasteiger partial charge >= 0.3 is 18.0 Å². The molecule has 8 nitrogen and oxygen atoms in total. The number of rotatable bonds is 6. The molecule has 0 saturated carbocycles. The predicted octanol–water partition coefficient (Wildman–Crippen LogP) is 2.26. The van der Waals surface area contributed by atoms with Gasteiger partial charge in [-0.3, -0.25) is 10.1 Å². The fourth-order valence-corrected chi connectivity index (χ4v) is 1.66. The Labute approximate surface area is 133 Å². The number of aromatic nitrogens is 1. The number of ether oxygens (including phenoxy) is 2. The number of carboxylic acids is 1. The maximum Gasteiger partial charge on any atom is 0.412 e. The number of amides is 1. The van der Waals surface area contributed by atoms with Gasteiger partial charge in [-0.15, -0.1) is 0 Å². The van der Waals surface area contributed by atoms with Crippen LogP contribution in [0.2, 0.25) is 0 Å². The van der Waals surface area contributed by atoms with Gasteiger partial charge in [-0.1, -0.05) is 12.7 Å². The number of nitrogens with zero attached hydrogens (tertiary/aromatic N) is 1. The van der Waals surface area contributed by atoms with Crippen molar-refractivity contribution in [1.82, 2.24) is 4.57 Å². The first-order valence-electron chi connectivity index (χ1n) is 6.82. The van der Waals surface area contributed by atoms with Gasteiger partial charge in [-0.05, 0) is 26.8 Å². The van der Waals surface area contributed by atoms with Gasteiger partial charge in [0.05, 0.1) is 5.69 Å². The number of carbonyl (C=O) groups excluding carboxylic acids is 2. The van der Waals surface area contributed by atoms with Crippen LogP contribution >= 0.6 is 0 Å². The van der Waals surface area contributed by atoms with Gasteiger partial charge in [0, 0.05) is 6.20 Å². The number of nitrogens with one attached hydrogen (secondary N) is 1. The number of hydrogen-bond acceptors (Lipinski definition) is 5. The number of carbonyl (C=O) groups is 3. The molecule has 0 unspecified atom stereocenters. The van der Waals surface area contributed by atoms with Crippen LogP contribution in [0.25, 0.3) is 0 Å². The molecule has 0 aliphatic heterocycles. The summed E-state index contributed by atoms with van der Waals surface area (Å²) in [4.78, 5) is 34.5.